The maximum absolute atomic E-state index is 5.67. The fraction of sp³-hybridized carbons (Fsp3) is 0.727. The van der Waals surface area contributed by atoms with Crippen molar-refractivity contribution in [3.63, 3.8) is 0 Å². The second-order valence-corrected chi connectivity index (χ2v) is 5.22. The fourth-order valence-corrected chi connectivity index (χ4v) is 2.33. The monoisotopic (exact) mass is 228 g/mol. The van der Waals surface area contributed by atoms with E-state index >= 15 is 0 Å². The minimum atomic E-state index is 0.567. The van der Waals surface area contributed by atoms with E-state index in [-0.39, 0.29) is 0 Å². The Labute approximate surface area is 95.7 Å². The third-order valence-electron chi connectivity index (χ3n) is 2.22. The minimum Gasteiger partial charge on any atom is -0.378 e. The summed E-state index contributed by atoms with van der Waals surface area (Å²) in [4.78, 5) is 5.72. The summed E-state index contributed by atoms with van der Waals surface area (Å²) in [6.07, 6.45) is 2.24. The van der Waals surface area contributed by atoms with Crippen molar-refractivity contribution >= 4 is 11.3 Å². The van der Waals surface area contributed by atoms with Crippen molar-refractivity contribution in [3.8, 4) is 0 Å². The van der Waals surface area contributed by atoms with Gasteiger partial charge in [0.25, 0.3) is 0 Å². The first-order valence-electron chi connectivity index (χ1n) is 5.33. The van der Waals surface area contributed by atoms with Crippen LogP contribution in [0, 0.1) is 5.92 Å². The van der Waals surface area contributed by atoms with Gasteiger partial charge in [-0.2, -0.15) is 0 Å². The summed E-state index contributed by atoms with van der Waals surface area (Å²) in [5, 5.41) is 1.19. The van der Waals surface area contributed by atoms with Crippen LogP contribution >= 0.6 is 11.3 Å². The highest BCUT2D eigenvalue weighted by molar-refractivity contribution is 7.11. The number of aromatic nitrogens is 1. The molecule has 0 radical (unpaired) electrons. The molecule has 0 unspecified atom stereocenters. The largest absolute Gasteiger partial charge is 0.378 e. The zero-order chi connectivity index (χ0) is 11.3. The summed E-state index contributed by atoms with van der Waals surface area (Å²) in [7, 11) is 1.69. The van der Waals surface area contributed by atoms with E-state index in [1.807, 2.05) is 0 Å². The highest BCUT2D eigenvalue weighted by atomic mass is 32.1. The Morgan fingerprint density at radius 3 is 2.73 bits per heavy atom. The fourth-order valence-electron chi connectivity index (χ4n) is 1.36. The lowest BCUT2D eigenvalue weighted by atomic mass is 10.1. The van der Waals surface area contributed by atoms with E-state index < -0.39 is 0 Å². The van der Waals surface area contributed by atoms with Crippen LogP contribution in [0.3, 0.4) is 0 Å². The summed E-state index contributed by atoms with van der Waals surface area (Å²) < 4.78 is 5.10. The van der Waals surface area contributed by atoms with Gasteiger partial charge in [0.15, 0.2) is 0 Å². The molecule has 0 fully saturated rings. The van der Waals surface area contributed by atoms with Gasteiger partial charge in [0.1, 0.15) is 0 Å². The summed E-state index contributed by atoms with van der Waals surface area (Å²) >= 11 is 1.73. The summed E-state index contributed by atoms with van der Waals surface area (Å²) in [6.45, 7) is 5.60. The van der Waals surface area contributed by atoms with Crippen molar-refractivity contribution in [3.05, 3.63) is 15.6 Å². The lowest BCUT2D eigenvalue weighted by Crippen LogP contribution is -1.99. The molecule has 0 spiro atoms. The molecule has 2 N–H and O–H groups in total. The summed E-state index contributed by atoms with van der Waals surface area (Å²) in [6, 6.07) is 0. The first kappa shape index (κ1) is 12.6. The number of rotatable bonds is 6. The first-order valence-corrected chi connectivity index (χ1v) is 6.15. The Morgan fingerprint density at radius 2 is 2.20 bits per heavy atom. The quantitative estimate of drug-likeness (QED) is 0.813. The van der Waals surface area contributed by atoms with Gasteiger partial charge in [0.05, 0.1) is 17.3 Å². The van der Waals surface area contributed by atoms with Crippen LogP contribution < -0.4 is 5.73 Å². The van der Waals surface area contributed by atoms with Gasteiger partial charge in [-0.3, -0.25) is 0 Å². The predicted molar refractivity (Wildman–Crippen MR) is 63.9 cm³/mol. The molecule has 0 aliphatic carbocycles. The van der Waals surface area contributed by atoms with E-state index in [1.165, 1.54) is 11.4 Å². The van der Waals surface area contributed by atoms with E-state index in [4.69, 9.17) is 10.5 Å². The number of hydrogen-bond donors (Lipinski definition) is 1. The van der Waals surface area contributed by atoms with E-state index in [2.05, 4.69) is 18.8 Å². The molecule has 4 heteroatoms. The van der Waals surface area contributed by atoms with Gasteiger partial charge < -0.3 is 10.5 Å². The molecule has 1 heterocycles. The van der Waals surface area contributed by atoms with Gasteiger partial charge in [0, 0.05) is 18.5 Å². The van der Waals surface area contributed by atoms with Crippen molar-refractivity contribution < 1.29 is 4.74 Å². The average Bonchev–Trinajstić information content (AvgIpc) is 2.58. The molecule has 86 valence electrons. The van der Waals surface area contributed by atoms with Crippen molar-refractivity contribution in [2.75, 3.05) is 7.11 Å². The summed E-state index contributed by atoms with van der Waals surface area (Å²) in [5.41, 5.74) is 6.68. The van der Waals surface area contributed by atoms with Gasteiger partial charge in [-0.1, -0.05) is 13.8 Å². The highest BCUT2D eigenvalue weighted by Crippen LogP contribution is 2.21. The SMILES string of the molecule is COCc1nc(CCC(C)C)sc1CN. The second-order valence-electron chi connectivity index (χ2n) is 4.05. The predicted octanol–water partition coefficient (Wildman–Crippen LogP) is 2.34. The molecule has 3 nitrogen and oxygen atoms in total. The molecule has 1 aromatic rings. The molecule has 1 rings (SSSR count). The molecule has 0 aliphatic heterocycles. The van der Waals surface area contributed by atoms with Crippen LogP contribution in [-0.2, 0) is 24.3 Å². The van der Waals surface area contributed by atoms with Crippen LogP contribution in [0.2, 0.25) is 0 Å². The maximum Gasteiger partial charge on any atom is 0.0932 e. The van der Waals surface area contributed by atoms with Crippen LogP contribution in [0.4, 0.5) is 0 Å². The van der Waals surface area contributed by atoms with E-state index in [1.54, 1.807) is 18.4 Å². The number of nitrogens with zero attached hydrogens (tertiary/aromatic N) is 1. The third kappa shape index (κ3) is 3.89. The molecule has 0 atom stereocenters. The standard InChI is InChI=1S/C11H20N2OS/c1-8(2)4-5-11-13-9(7-14-3)10(6-12)15-11/h8H,4-7,12H2,1-3H3. The molecule has 0 aromatic carbocycles. The Kier molecular flexibility index (Phi) is 5.22. The zero-order valence-corrected chi connectivity index (χ0v) is 10.6. The number of thiazole rings is 1. The Morgan fingerprint density at radius 1 is 1.47 bits per heavy atom. The summed E-state index contributed by atoms with van der Waals surface area (Å²) in [5.74, 6) is 0.723. The van der Waals surface area contributed by atoms with Crippen molar-refractivity contribution in [1.29, 1.82) is 0 Å². The van der Waals surface area contributed by atoms with Crippen molar-refractivity contribution in [1.82, 2.24) is 4.98 Å². The van der Waals surface area contributed by atoms with E-state index in [9.17, 15) is 0 Å². The molecule has 15 heavy (non-hydrogen) atoms. The van der Waals surface area contributed by atoms with Gasteiger partial charge in [-0.15, -0.1) is 11.3 Å². The normalized spacial score (nSPS) is 11.3. The smallest absolute Gasteiger partial charge is 0.0932 e. The number of methoxy groups -OCH3 is 1. The van der Waals surface area contributed by atoms with Crippen molar-refractivity contribution in [2.24, 2.45) is 11.7 Å². The highest BCUT2D eigenvalue weighted by Gasteiger charge is 2.09. The van der Waals surface area contributed by atoms with Gasteiger partial charge in [-0.05, 0) is 18.8 Å². The van der Waals surface area contributed by atoms with Crippen LogP contribution in [0.25, 0.3) is 0 Å². The van der Waals surface area contributed by atoms with E-state index in [0.717, 1.165) is 22.9 Å². The minimum absolute atomic E-state index is 0.567. The Bertz CT molecular complexity index is 297. The molecule has 0 saturated carbocycles. The molecule has 0 bridgehead atoms. The zero-order valence-electron chi connectivity index (χ0n) is 9.75. The molecular formula is C11H20N2OS. The Balaban J connectivity index is 2.65. The number of nitrogens with two attached hydrogens (primary N) is 1. The molecule has 0 saturated heterocycles. The molecule has 0 aliphatic rings. The van der Waals surface area contributed by atoms with Crippen LogP contribution in [0.1, 0.15) is 35.8 Å². The maximum atomic E-state index is 5.67. The number of aryl methyl sites for hydroxylation is 1. The Hall–Kier alpha value is -0.450. The van der Waals surface area contributed by atoms with Crippen molar-refractivity contribution in [2.45, 2.75) is 39.8 Å². The third-order valence-corrected chi connectivity index (χ3v) is 3.40. The second kappa shape index (κ2) is 6.20. The van der Waals surface area contributed by atoms with Gasteiger partial charge in [0.2, 0.25) is 0 Å². The average molecular weight is 228 g/mol. The molecule has 0 amide bonds. The number of ether oxygens (including phenoxy) is 1. The number of hydrogen-bond acceptors (Lipinski definition) is 4. The molecule has 1 aromatic heterocycles. The lowest BCUT2D eigenvalue weighted by Gasteiger charge is -2.00. The first-order chi connectivity index (χ1) is 7.17. The van der Waals surface area contributed by atoms with Gasteiger partial charge >= 0.3 is 0 Å². The van der Waals surface area contributed by atoms with E-state index in [0.29, 0.717) is 13.2 Å². The van der Waals surface area contributed by atoms with Crippen LogP contribution in [-0.4, -0.2) is 12.1 Å². The van der Waals surface area contributed by atoms with Crippen LogP contribution in [0.15, 0.2) is 0 Å². The van der Waals surface area contributed by atoms with Gasteiger partial charge in [-0.25, -0.2) is 4.98 Å². The van der Waals surface area contributed by atoms with Crippen LogP contribution in [0.5, 0.6) is 0 Å². The lowest BCUT2D eigenvalue weighted by molar-refractivity contribution is 0.181. The topological polar surface area (TPSA) is 48.1 Å². The molecular weight excluding hydrogens is 208 g/mol.